The molecule has 2 atom stereocenters. The molecule has 1 saturated heterocycles. The topological polar surface area (TPSA) is 99.1 Å². The molecule has 0 spiro atoms. The van der Waals surface area contributed by atoms with Crippen molar-refractivity contribution in [3.8, 4) is 5.75 Å². The summed E-state index contributed by atoms with van der Waals surface area (Å²) in [5, 5.41) is 18.4. The first kappa shape index (κ1) is 14.3. The summed E-state index contributed by atoms with van der Waals surface area (Å²) in [5.41, 5.74) is 1.86. The van der Waals surface area contributed by atoms with Crippen LogP contribution in [0.1, 0.15) is 16.8 Å². The Bertz CT molecular complexity index is 502. The molecule has 7 heteroatoms. The van der Waals surface area contributed by atoms with Gasteiger partial charge in [-0.15, -0.1) is 0 Å². The number of benzene rings is 1. The lowest BCUT2D eigenvalue weighted by atomic mass is 10.1. The van der Waals surface area contributed by atoms with E-state index in [9.17, 15) is 14.7 Å². The van der Waals surface area contributed by atoms with Crippen LogP contribution < -0.4 is 10.2 Å². The normalized spacial score (nSPS) is 21.6. The first-order valence-electron chi connectivity index (χ1n) is 6.15. The van der Waals surface area contributed by atoms with Crippen molar-refractivity contribution in [3.63, 3.8) is 0 Å². The molecular formula is C13H16N2O5. The molecule has 3 N–H and O–H groups in total. The van der Waals surface area contributed by atoms with Crippen LogP contribution in [0, 0.1) is 0 Å². The van der Waals surface area contributed by atoms with Gasteiger partial charge in [-0.05, 0) is 30.7 Å². The molecule has 0 unspecified atom stereocenters. The van der Waals surface area contributed by atoms with Crippen molar-refractivity contribution < 1.29 is 24.6 Å². The molecule has 20 heavy (non-hydrogen) atoms. The molecule has 1 heterocycles. The van der Waals surface area contributed by atoms with Gasteiger partial charge in [0.2, 0.25) is 0 Å². The zero-order valence-electron chi connectivity index (χ0n) is 10.9. The van der Waals surface area contributed by atoms with Crippen LogP contribution in [0.4, 0.5) is 0 Å². The molecular weight excluding hydrogens is 264 g/mol. The van der Waals surface area contributed by atoms with Gasteiger partial charge in [0.1, 0.15) is 11.8 Å². The van der Waals surface area contributed by atoms with Crippen LogP contribution in [0.3, 0.4) is 0 Å². The lowest BCUT2D eigenvalue weighted by Crippen LogP contribution is -2.49. The summed E-state index contributed by atoms with van der Waals surface area (Å²) < 4.78 is 5.01. The van der Waals surface area contributed by atoms with Crippen molar-refractivity contribution in [3.05, 3.63) is 29.8 Å². The minimum Gasteiger partial charge on any atom is -0.497 e. The van der Waals surface area contributed by atoms with Crippen LogP contribution in [0.25, 0.3) is 0 Å². The fourth-order valence-corrected chi connectivity index (χ4v) is 2.29. The van der Waals surface area contributed by atoms with Crippen molar-refractivity contribution in [2.45, 2.75) is 18.6 Å². The molecule has 1 aliphatic rings. The summed E-state index contributed by atoms with van der Waals surface area (Å²) in [4.78, 5) is 25.1. The summed E-state index contributed by atoms with van der Waals surface area (Å²) in [6, 6.07) is 5.37. The molecule has 0 saturated carbocycles. The number of methoxy groups -OCH3 is 1. The highest BCUT2D eigenvalue weighted by Gasteiger charge is 2.41. The van der Waals surface area contributed by atoms with E-state index in [-0.39, 0.29) is 12.5 Å². The van der Waals surface area contributed by atoms with E-state index in [0.717, 1.165) is 0 Å². The maximum Gasteiger partial charge on any atom is 0.268 e. The highest BCUT2D eigenvalue weighted by molar-refractivity contribution is 5.98. The third-order valence-corrected chi connectivity index (χ3v) is 3.34. The SMILES string of the molecule is COc1ccc(C(=O)N2CC[C@@H](O)[C@@H]2C(=O)NO)cc1. The number of aliphatic hydroxyl groups is 1. The number of hydrogen-bond acceptors (Lipinski definition) is 5. The number of aliphatic hydroxyl groups excluding tert-OH is 1. The third kappa shape index (κ3) is 2.59. The van der Waals surface area contributed by atoms with Gasteiger partial charge >= 0.3 is 0 Å². The molecule has 1 aromatic carbocycles. The van der Waals surface area contributed by atoms with E-state index in [1.807, 2.05) is 0 Å². The van der Waals surface area contributed by atoms with Crippen LogP contribution in [0.2, 0.25) is 0 Å². The minimum atomic E-state index is -1.07. The Morgan fingerprint density at radius 2 is 2.00 bits per heavy atom. The molecule has 0 bridgehead atoms. The zero-order valence-corrected chi connectivity index (χ0v) is 10.9. The van der Waals surface area contributed by atoms with Crippen molar-refractivity contribution >= 4 is 11.8 Å². The Kier molecular flexibility index (Phi) is 4.21. The maximum absolute atomic E-state index is 12.3. The fraction of sp³-hybridized carbons (Fsp3) is 0.385. The number of ether oxygens (including phenoxy) is 1. The van der Waals surface area contributed by atoms with Crippen LogP contribution >= 0.6 is 0 Å². The molecule has 2 amide bonds. The van der Waals surface area contributed by atoms with Gasteiger partial charge in [0.15, 0.2) is 0 Å². The Morgan fingerprint density at radius 1 is 1.35 bits per heavy atom. The molecule has 1 aliphatic heterocycles. The van der Waals surface area contributed by atoms with Crippen molar-refractivity contribution in [2.75, 3.05) is 13.7 Å². The predicted molar refractivity (Wildman–Crippen MR) is 68.4 cm³/mol. The number of hydrogen-bond donors (Lipinski definition) is 3. The van der Waals surface area contributed by atoms with Gasteiger partial charge in [0.25, 0.3) is 11.8 Å². The molecule has 0 aromatic heterocycles. The quantitative estimate of drug-likeness (QED) is 0.525. The number of likely N-dealkylation sites (tertiary alicyclic amines) is 1. The fourth-order valence-electron chi connectivity index (χ4n) is 2.29. The van der Waals surface area contributed by atoms with Crippen LogP contribution in [0.5, 0.6) is 5.75 Å². The van der Waals surface area contributed by atoms with Crippen LogP contribution in [0.15, 0.2) is 24.3 Å². The number of nitrogens with zero attached hydrogens (tertiary/aromatic N) is 1. The van der Waals surface area contributed by atoms with E-state index in [1.54, 1.807) is 24.3 Å². The second-order valence-corrected chi connectivity index (χ2v) is 4.50. The van der Waals surface area contributed by atoms with Gasteiger partial charge < -0.3 is 14.7 Å². The third-order valence-electron chi connectivity index (χ3n) is 3.34. The number of carbonyl (C=O) groups is 2. The molecule has 1 aromatic rings. The Balaban J connectivity index is 2.20. The lowest BCUT2D eigenvalue weighted by Gasteiger charge is -2.24. The number of nitrogens with one attached hydrogen (secondary N) is 1. The summed E-state index contributed by atoms with van der Waals surface area (Å²) in [7, 11) is 1.52. The number of carbonyl (C=O) groups excluding carboxylic acids is 2. The highest BCUT2D eigenvalue weighted by Crippen LogP contribution is 2.22. The zero-order chi connectivity index (χ0) is 14.7. The first-order chi connectivity index (χ1) is 9.58. The van der Waals surface area contributed by atoms with Gasteiger partial charge in [0.05, 0.1) is 13.2 Å². The number of hydroxylamine groups is 1. The van der Waals surface area contributed by atoms with Gasteiger partial charge in [0, 0.05) is 12.1 Å². The van der Waals surface area contributed by atoms with Gasteiger partial charge in [-0.1, -0.05) is 0 Å². The summed E-state index contributed by atoms with van der Waals surface area (Å²) in [5.74, 6) is -0.553. The van der Waals surface area contributed by atoms with E-state index in [1.165, 1.54) is 17.5 Å². The second kappa shape index (κ2) is 5.89. The van der Waals surface area contributed by atoms with Crippen LogP contribution in [-0.4, -0.2) is 52.8 Å². The largest absolute Gasteiger partial charge is 0.497 e. The first-order valence-corrected chi connectivity index (χ1v) is 6.15. The highest BCUT2D eigenvalue weighted by atomic mass is 16.5. The Labute approximate surface area is 115 Å². The average molecular weight is 280 g/mol. The number of rotatable bonds is 3. The Morgan fingerprint density at radius 3 is 2.55 bits per heavy atom. The van der Waals surface area contributed by atoms with Crippen molar-refractivity contribution in [2.24, 2.45) is 0 Å². The molecule has 0 radical (unpaired) electrons. The standard InChI is InChI=1S/C13H16N2O5/c1-20-9-4-2-8(3-5-9)13(18)15-7-6-10(16)11(15)12(17)14-19/h2-5,10-11,16,19H,6-7H2,1H3,(H,14,17)/t10-,11-/m1/s1. The second-order valence-electron chi connectivity index (χ2n) is 4.50. The predicted octanol–water partition coefficient (Wildman–Crippen LogP) is -0.224. The van der Waals surface area contributed by atoms with Crippen LogP contribution in [-0.2, 0) is 4.79 Å². The summed E-state index contributed by atoms with van der Waals surface area (Å²) in [6.45, 7) is 0.254. The smallest absolute Gasteiger partial charge is 0.268 e. The Hall–Kier alpha value is -2.12. The van der Waals surface area contributed by atoms with Crippen molar-refractivity contribution in [1.29, 1.82) is 0 Å². The molecule has 1 fully saturated rings. The summed E-state index contributed by atoms with van der Waals surface area (Å²) in [6.07, 6.45) is -0.690. The van der Waals surface area contributed by atoms with Gasteiger partial charge in [-0.2, -0.15) is 0 Å². The van der Waals surface area contributed by atoms with Gasteiger partial charge in [-0.25, -0.2) is 5.48 Å². The lowest BCUT2D eigenvalue weighted by molar-refractivity contribution is -0.135. The molecule has 2 rings (SSSR count). The molecule has 108 valence electrons. The van der Waals surface area contributed by atoms with E-state index < -0.39 is 18.1 Å². The molecule has 0 aliphatic carbocycles. The van der Waals surface area contributed by atoms with E-state index in [4.69, 9.17) is 9.94 Å². The minimum absolute atomic E-state index is 0.254. The van der Waals surface area contributed by atoms with E-state index in [2.05, 4.69) is 0 Å². The maximum atomic E-state index is 12.3. The average Bonchev–Trinajstić information content (AvgIpc) is 2.87. The van der Waals surface area contributed by atoms with E-state index in [0.29, 0.717) is 17.7 Å². The van der Waals surface area contributed by atoms with Gasteiger partial charge in [-0.3, -0.25) is 14.8 Å². The molecule has 7 nitrogen and oxygen atoms in total. The van der Waals surface area contributed by atoms with E-state index >= 15 is 0 Å². The van der Waals surface area contributed by atoms with Crippen molar-refractivity contribution in [1.82, 2.24) is 10.4 Å². The number of amides is 2. The monoisotopic (exact) mass is 280 g/mol. The summed E-state index contributed by atoms with van der Waals surface area (Å²) >= 11 is 0.